The molecule has 1 atom stereocenters. The third kappa shape index (κ3) is 2.68. The number of hydrogen-bond donors (Lipinski definition) is 1. The summed E-state index contributed by atoms with van der Waals surface area (Å²) in [6, 6.07) is 2.94. The zero-order valence-electron chi connectivity index (χ0n) is 10.6. The van der Waals surface area contributed by atoms with Gasteiger partial charge < -0.3 is 5.32 Å². The van der Waals surface area contributed by atoms with Gasteiger partial charge in [0.2, 0.25) is 0 Å². The number of halogens is 2. The Bertz CT molecular complexity index is 451. The van der Waals surface area contributed by atoms with Crippen LogP contribution in [0.15, 0.2) is 18.2 Å². The first-order chi connectivity index (χ1) is 8.38. The predicted octanol–water partition coefficient (Wildman–Crippen LogP) is 3.27. The Morgan fingerprint density at radius 3 is 2.39 bits per heavy atom. The van der Waals surface area contributed by atoms with E-state index in [9.17, 15) is 13.6 Å². The molecule has 2 rings (SSSR count). The highest BCUT2D eigenvalue weighted by Crippen LogP contribution is 2.37. The molecular weight excluding hydrogens is 236 g/mol. The Labute approximate surface area is 105 Å². The summed E-state index contributed by atoms with van der Waals surface area (Å²) in [6.45, 7) is 4.19. The third-order valence-electron chi connectivity index (χ3n) is 3.69. The van der Waals surface area contributed by atoms with Crippen LogP contribution < -0.4 is 5.32 Å². The summed E-state index contributed by atoms with van der Waals surface area (Å²) < 4.78 is 26.1. The van der Waals surface area contributed by atoms with Gasteiger partial charge in [0.15, 0.2) is 0 Å². The Morgan fingerprint density at radius 1 is 1.28 bits per heavy atom. The van der Waals surface area contributed by atoms with E-state index in [2.05, 4.69) is 19.2 Å². The van der Waals surface area contributed by atoms with E-state index in [-0.39, 0.29) is 17.0 Å². The van der Waals surface area contributed by atoms with Crippen molar-refractivity contribution >= 4 is 5.91 Å². The summed E-state index contributed by atoms with van der Waals surface area (Å²) in [5.74, 6) is -1.87. The lowest BCUT2D eigenvalue weighted by molar-refractivity contribution is 0.0909. The van der Waals surface area contributed by atoms with Gasteiger partial charge in [-0.25, -0.2) is 8.78 Å². The summed E-state index contributed by atoms with van der Waals surface area (Å²) in [6.07, 6.45) is 3.03. The molecule has 0 radical (unpaired) electrons. The van der Waals surface area contributed by atoms with E-state index in [1.54, 1.807) is 0 Å². The number of nitrogens with one attached hydrogen (secondary N) is 1. The van der Waals surface area contributed by atoms with Gasteiger partial charge in [0.1, 0.15) is 11.6 Å². The molecule has 18 heavy (non-hydrogen) atoms. The number of rotatable bonds is 2. The van der Waals surface area contributed by atoms with Crippen molar-refractivity contribution in [2.24, 2.45) is 5.41 Å². The van der Waals surface area contributed by atoms with Crippen LogP contribution in [0.4, 0.5) is 8.78 Å². The van der Waals surface area contributed by atoms with Gasteiger partial charge in [0.05, 0.1) is 0 Å². The van der Waals surface area contributed by atoms with E-state index in [0.717, 1.165) is 37.5 Å². The SMILES string of the molecule is CC1(C)CCC[C@H]1NC(=O)c1cc(F)cc(F)c1. The largest absolute Gasteiger partial charge is 0.349 e. The lowest BCUT2D eigenvalue weighted by Gasteiger charge is -2.27. The molecule has 1 aliphatic rings. The molecule has 1 amide bonds. The van der Waals surface area contributed by atoms with Crippen molar-refractivity contribution in [3.63, 3.8) is 0 Å². The fraction of sp³-hybridized carbons (Fsp3) is 0.500. The zero-order valence-corrected chi connectivity index (χ0v) is 10.6. The summed E-state index contributed by atoms with van der Waals surface area (Å²) >= 11 is 0. The highest BCUT2D eigenvalue weighted by atomic mass is 19.1. The van der Waals surface area contributed by atoms with Gasteiger partial charge in [0.25, 0.3) is 5.91 Å². The fourth-order valence-corrected chi connectivity index (χ4v) is 2.52. The van der Waals surface area contributed by atoms with E-state index in [0.29, 0.717) is 0 Å². The van der Waals surface area contributed by atoms with Crippen molar-refractivity contribution in [3.8, 4) is 0 Å². The molecule has 0 bridgehead atoms. The maximum absolute atomic E-state index is 13.0. The standard InChI is InChI=1S/C14H17F2NO/c1-14(2)5-3-4-12(14)17-13(18)9-6-10(15)8-11(16)7-9/h6-8,12H,3-5H2,1-2H3,(H,17,18)/t12-/m1/s1. The minimum Gasteiger partial charge on any atom is -0.349 e. The summed E-state index contributed by atoms with van der Waals surface area (Å²) in [5.41, 5.74) is 0.0804. The van der Waals surface area contributed by atoms with E-state index in [1.165, 1.54) is 0 Å². The molecule has 1 aromatic carbocycles. The van der Waals surface area contributed by atoms with Gasteiger partial charge in [-0.05, 0) is 30.4 Å². The quantitative estimate of drug-likeness (QED) is 0.861. The van der Waals surface area contributed by atoms with E-state index >= 15 is 0 Å². The van der Waals surface area contributed by atoms with Crippen molar-refractivity contribution < 1.29 is 13.6 Å². The van der Waals surface area contributed by atoms with Gasteiger partial charge in [-0.3, -0.25) is 4.79 Å². The zero-order chi connectivity index (χ0) is 13.3. The molecular formula is C14H17F2NO. The van der Waals surface area contributed by atoms with Crippen LogP contribution in [0.3, 0.4) is 0 Å². The van der Waals surface area contributed by atoms with Gasteiger partial charge in [-0.2, -0.15) is 0 Å². The smallest absolute Gasteiger partial charge is 0.251 e. The van der Waals surface area contributed by atoms with Crippen LogP contribution in [-0.2, 0) is 0 Å². The second-order valence-corrected chi connectivity index (χ2v) is 5.56. The first-order valence-corrected chi connectivity index (χ1v) is 6.15. The first-order valence-electron chi connectivity index (χ1n) is 6.15. The highest BCUT2D eigenvalue weighted by Gasteiger charge is 2.35. The first kappa shape index (κ1) is 13.0. The topological polar surface area (TPSA) is 29.1 Å². The second kappa shape index (κ2) is 4.67. The van der Waals surface area contributed by atoms with Crippen LogP contribution in [0.2, 0.25) is 0 Å². The van der Waals surface area contributed by atoms with E-state index in [1.807, 2.05) is 0 Å². The third-order valence-corrected chi connectivity index (χ3v) is 3.69. The second-order valence-electron chi connectivity index (χ2n) is 5.56. The number of carbonyl (C=O) groups excluding carboxylic acids is 1. The van der Waals surface area contributed by atoms with Gasteiger partial charge in [0, 0.05) is 17.7 Å². The Hall–Kier alpha value is -1.45. The fourth-order valence-electron chi connectivity index (χ4n) is 2.52. The Morgan fingerprint density at radius 2 is 1.89 bits per heavy atom. The van der Waals surface area contributed by atoms with Gasteiger partial charge >= 0.3 is 0 Å². The molecule has 4 heteroatoms. The number of carbonyl (C=O) groups is 1. The lowest BCUT2D eigenvalue weighted by Crippen LogP contribution is -2.41. The molecule has 0 aromatic heterocycles. The molecule has 1 fully saturated rings. The van der Waals surface area contributed by atoms with Crippen LogP contribution in [0.1, 0.15) is 43.5 Å². The van der Waals surface area contributed by atoms with Gasteiger partial charge in [-0.1, -0.05) is 20.3 Å². The van der Waals surface area contributed by atoms with Crippen molar-refractivity contribution in [1.29, 1.82) is 0 Å². The number of hydrogen-bond acceptors (Lipinski definition) is 1. The molecule has 1 saturated carbocycles. The molecule has 1 N–H and O–H groups in total. The molecule has 2 nitrogen and oxygen atoms in total. The molecule has 1 aromatic rings. The van der Waals surface area contributed by atoms with Crippen molar-refractivity contribution in [1.82, 2.24) is 5.32 Å². The minimum absolute atomic E-state index is 0.0372. The Kier molecular flexibility index (Phi) is 3.37. The van der Waals surface area contributed by atoms with Gasteiger partial charge in [-0.15, -0.1) is 0 Å². The maximum Gasteiger partial charge on any atom is 0.251 e. The molecule has 0 spiro atoms. The number of benzene rings is 1. The molecule has 1 aliphatic carbocycles. The molecule has 0 aliphatic heterocycles. The van der Waals surface area contributed by atoms with Crippen molar-refractivity contribution in [2.75, 3.05) is 0 Å². The summed E-state index contributed by atoms with van der Waals surface area (Å²) in [7, 11) is 0. The van der Waals surface area contributed by atoms with Crippen molar-refractivity contribution in [2.45, 2.75) is 39.2 Å². The lowest BCUT2D eigenvalue weighted by atomic mass is 9.87. The predicted molar refractivity (Wildman–Crippen MR) is 65.2 cm³/mol. The van der Waals surface area contributed by atoms with Crippen LogP contribution >= 0.6 is 0 Å². The van der Waals surface area contributed by atoms with Crippen LogP contribution in [0.25, 0.3) is 0 Å². The maximum atomic E-state index is 13.0. The molecule has 0 heterocycles. The minimum atomic E-state index is -0.731. The summed E-state index contributed by atoms with van der Waals surface area (Å²) in [5, 5.41) is 2.87. The molecule has 0 saturated heterocycles. The molecule has 0 unspecified atom stereocenters. The average Bonchev–Trinajstić information content (AvgIpc) is 2.57. The number of amides is 1. The normalized spacial score (nSPS) is 21.9. The summed E-state index contributed by atoms with van der Waals surface area (Å²) in [4.78, 5) is 11.9. The van der Waals surface area contributed by atoms with Crippen LogP contribution in [0, 0.1) is 17.0 Å². The average molecular weight is 253 g/mol. The Balaban J connectivity index is 2.12. The van der Waals surface area contributed by atoms with Crippen LogP contribution in [0.5, 0.6) is 0 Å². The highest BCUT2D eigenvalue weighted by molar-refractivity contribution is 5.94. The van der Waals surface area contributed by atoms with E-state index in [4.69, 9.17) is 0 Å². The van der Waals surface area contributed by atoms with Crippen molar-refractivity contribution in [3.05, 3.63) is 35.4 Å². The molecule has 98 valence electrons. The van der Waals surface area contributed by atoms with Crippen LogP contribution in [-0.4, -0.2) is 11.9 Å². The van der Waals surface area contributed by atoms with E-state index < -0.39 is 17.5 Å². The monoisotopic (exact) mass is 253 g/mol.